The van der Waals surface area contributed by atoms with Gasteiger partial charge in [-0.25, -0.2) is 0 Å². The summed E-state index contributed by atoms with van der Waals surface area (Å²) in [7, 11) is 0. The number of fused-ring (bicyclic) bond motifs is 1. The summed E-state index contributed by atoms with van der Waals surface area (Å²) in [5.74, 6) is 0. The second kappa shape index (κ2) is 7.08. The van der Waals surface area contributed by atoms with Gasteiger partial charge in [-0.2, -0.15) is 0 Å². The number of benzene rings is 3. The predicted octanol–water partition coefficient (Wildman–Crippen LogP) is 6.34. The zero-order valence-electron chi connectivity index (χ0n) is 15.0. The Morgan fingerprint density at radius 2 is 1.42 bits per heavy atom. The van der Waals surface area contributed by atoms with E-state index in [4.69, 9.17) is 0 Å². The number of hydrogen-bond acceptors (Lipinski definition) is 2. The molecule has 1 heterocycles. The summed E-state index contributed by atoms with van der Waals surface area (Å²) in [6, 6.07) is 21.3. The van der Waals surface area contributed by atoms with Crippen LogP contribution in [-0.4, -0.2) is 6.21 Å². The second-order valence-corrected chi connectivity index (χ2v) is 7.80. The van der Waals surface area contributed by atoms with Crippen LogP contribution < -0.4 is 4.90 Å². The zero-order chi connectivity index (χ0) is 18.1. The van der Waals surface area contributed by atoms with Crippen LogP contribution in [0.4, 0.5) is 11.4 Å². The van der Waals surface area contributed by atoms with E-state index >= 15 is 0 Å². The molecule has 4 rings (SSSR count). The molecule has 3 heteroatoms. The van der Waals surface area contributed by atoms with Crippen LogP contribution in [0.3, 0.4) is 0 Å². The first-order chi connectivity index (χ1) is 12.6. The molecule has 0 saturated carbocycles. The molecule has 0 atom stereocenters. The van der Waals surface area contributed by atoms with E-state index in [9.17, 15) is 0 Å². The van der Waals surface area contributed by atoms with Crippen molar-refractivity contribution in [3.05, 3.63) is 93.0 Å². The van der Waals surface area contributed by atoms with Crippen LogP contribution in [0.15, 0.2) is 70.1 Å². The lowest BCUT2D eigenvalue weighted by Gasteiger charge is -2.17. The summed E-state index contributed by atoms with van der Waals surface area (Å²) in [5, 5.41) is 0. The SMILES string of the molecule is Cc1cc2c(cc1C)CN(c1ccc(N=Cc3ccc(Br)cc3)cc1)C2. The third-order valence-corrected chi connectivity index (χ3v) is 5.51. The molecular weight excluding hydrogens is 384 g/mol. The molecule has 0 spiro atoms. The fourth-order valence-corrected chi connectivity index (χ4v) is 3.59. The minimum atomic E-state index is 0.972. The lowest BCUT2D eigenvalue weighted by Crippen LogP contribution is -2.13. The Morgan fingerprint density at radius 3 is 2.00 bits per heavy atom. The van der Waals surface area contributed by atoms with E-state index in [0.717, 1.165) is 28.8 Å². The minimum Gasteiger partial charge on any atom is -0.363 e. The van der Waals surface area contributed by atoms with Crippen LogP contribution in [0, 0.1) is 13.8 Å². The smallest absolute Gasteiger partial charge is 0.0631 e. The van der Waals surface area contributed by atoms with Crippen LogP contribution in [0.5, 0.6) is 0 Å². The first-order valence-corrected chi connectivity index (χ1v) is 9.61. The molecule has 2 nitrogen and oxygen atoms in total. The minimum absolute atomic E-state index is 0.972. The largest absolute Gasteiger partial charge is 0.363 e. The van der Waals surface area contributed by atoms with Gasteiger partial charge in [-0.05, 0) is 78.1 Å². The van der Waals surface area contributed by atoms with E-state index < -0.39 is 0 Å². The molecule has 1 aliphatic heterocycles. The number of nitrogens with zero attached hydrogens (tertiary/aromatic N) is 2. The average molecular weight is 405 g/mol. The summed E-state index contributed by atoms with van der Waals surface area (Å²) in [5.41, 5.74) is 8.97. The van der Waals surface area contributed by atoms with E-state index in [2.05, 4.69) is 76.1 Å². The summed E-state index contributed by atoms with van der Waals surface area (Å²) in [4.78, 5) is 7.00. The highest BCUT2D eigenvalue weighted by molar-refractivity contribution is 9.10. The molecule has 0 radical (unpaired) electrons. The van der Waals surface area contributed by atoms with Crippen molar-refractivity contribution < 1.29 is 0 Å². The average Bonchev–Trinajstić information content (AvgIpc) is 3.05. The van der Waals surface area contributed by atoms with Crippen LogP contribution in [0.1, 0.15) is 27.8 Å². The molecule has 3 aromatic rings. The molecule has 0 fully saturated rings. The van der Waals surface area contributed by atoms with E-state index in [1.807, 2.05) is 30.5 Å². The molecular formula is C23H21BrN2. The van der Waals surface area contributed by atoms with Gasteiger partial charge in [0.15, 0.2) is 0 Å². The van der Waals surface area contributed by atoms with Crippen molar-refractivity contribution in [3.63, 3.8) is 0 Å². The number of halogens is 1. The third-order valence-electron chi connectivity index (χ3n) is 4.99. The topological polar surface area (TPSA) is 15.6 Å². The Morgan fingerprint density at radius 1 is 0.846 bits per heavy atom. The maximum atomic E-state index is 4.58. The second-order valence-electron chi connectivity index (χ2n) is 6.89. The summed E-state index contributed by atoms with van der Waals surface area (Å²) < 4.78 is 1.08. The van der Waals surface area contributed by atoms with Gasteiger partial charge >= 0.3 is 0 Å². The van der Waals surface area contributed by atoms with Crippen LogP contribution in [0.2, 0.25) is 0 Å². The molecule has 26 heavy (non-hydrogen) atoms. The Labute approximate surface area is 163 Å². The molecule has 0 aromatic heterocycles. The maximum Gasteiger partial charge on any atom is 0.0631 e. The van der Waals surface area contributed by atoms with Gasteiger partial charge in [0.1, 0.15) is 0 Å². The molecule has 1 aliphatic rings. The lowest BCUT2D eigenvalue weighted by atomic mass is 10.0. The van der Waals surface area contributed by atoms with Gasteiger partial charge < -0.3 is 4.90 Å². The van der Waals surface area contributed by atoms with Gasteiger partial charge in [0, 0.05) is 29.5 Å². The van der Waals surface area contributed by atoms with Crippen molar-refractivity contribution in [1.29, 1.82) is 0 Å². The van der Waals surface area contributed by atoms with Crippen molar-refractivity contribution in [2.75, 3.05) is 4.90 Å². The number of anilines is 1. The Bertz CT molecular complexity index is 926. The Hall–Kier alpha value is -2.39. The van der Waals surface area contributed by atoms with Crippen LogP contribution in [-0.2, 0) is 13.1 Å². The fraction of sp³-hybridized carbons (Fsp3) is 0.174. The monoisotopic (exact) mass is 404 g/mol. The van der Waals surface area contributed by atoms with E-state index in [1.54, 1.807) is 0 Å². The first kappa shape index (κ1) is 17.0. The maximum absolute atomic E-state index is 4.58. The fourth-order valence-electron chi connectivity index (χ4n) is 3.33. The lowest BCUT2D eigenvalue weighted by molar-refractivity contribution is 0.880. The highest BCUT2D eigenvalue weighted by atomic mass is 79.9. The van der Waals surface area contributed by atoms with Crippen molar-refractivity contribution in [2.24, 2.45) is 4.99 Å². The van der Waals surface area contributed by atoms with Gasteiger partial charge in [-0.3, -0.25) is 4.99 Å². The number of aryl methyl sites for hydroxylation is 2. The Kier molecular flexibility index (Phi) is 4.64. The Balaban J connectivity index is 1.47. The number of hydrogen-bond donors (Lipinski definition) is 0. The highest BCUT2D eigenvalue weighted by Crippen LogP contribution is 2.31. The van der Waals surface area contributed by atoms with Gasteiger partial charge in [-0.15, -0.1) is 0 Å². The molecule has 0 amide bonds. The summed E-state index contributed by atoms with van der Waals surface area (Å²) >= 11 is 3.45. The van der Waals surface area contributed by atoms with Crippen LogP contribution in [0.25, 0.3) is 0 Å². The quantitative estimate of drug-likeness (QED) is 0.465. The normalized spacial score (nSPS) is 13.4. The number of aliphatic imine (C=N–C) groups is 1. The van der Waals surface area contributed by atoms with Gasteiger partial charge in [0.25, 0.3) is 0 Å². The number of rotatable bonds is 3. The molecule has 0 saturated heterocycles. The standard InChI is InChI=1S/C23H21BrN2/c1-16-11-19-14-26(15-20(19)12-17(16)2)23-9-7-22(8-10-23)25-13-18-3-5-21(24)6-4-18/h3-13H,14-15H2,1-2H3. The van der Waals surface area contributed by atoms with Gasteiger partial charge in [-0.1, -0.05) is 40.2 Å². The molecule has 0 aliphatic carbocycles. The third kappa shape index (κ3) is 3.58. The first-order valence-electron chi connectivity index (χ1n) is 8.82. The van der Waals surface area contributed by atoms with Crippen molar-refractivity contribution in [1.82, 2.24) is 0 Å². The zero-order valence-corrected chi connectivity index (χ0v) is 16.6. The van der Waals surface area contributed by atoms with E-state index in [-0.39, 0.29) is 0 Å². The van der Waals surface area contributed by atoms with Crippen molar-refractivity contribution >= 4 is 33.5 Å². The van der Waals surface area contributed by atoms with E-state index in [1.165, 1.54) is 27.9 Å². The van der Waals surface area contributed by atoms with E-state index in [0.29, 0.717) is 0 Å². The van der Waals surface area contributed by atoms with Gasteiger partial charge in [0.05, 0.1) is 5.69 Å². The highest BCUT2D eigenvalue weighted by Gasteiger charge is 2.19. The van der Waals surface area contributed by atoms with Crippen molar-refractivity contribution in [2.45, 2.75) is 26.9 Å². The van der Waals surface area contributed by atoms with Crippen molar-refractivity contribution in [3.8, 4) is 0 Å². The summed E-state index contributed by atoms with van der Waals surface area (Å²) in [6.45, 7) is 6.35. The molecule has 0 unspecified atom stereocenters. The van der Waals surface area contributed by atoms with Crippen LogP contribution >= 0.6 is 15.9 Å². The molecule has 0 N–H and O–H groups in total. The van der Waals surface area contributed by atoms with Gasteiger partial charge in [0.2, 0.25) is 0 Å². The molecule has 0 bridgehead atoms. The molecule has 130 valence electrons. The molecule has 3 aromatic carbocycles. The summed E-state index contributed by atoms with van der Waals surface area (Å²) in [6.07, 6.45) is 1.90. The predicted molar refractivity (Wildman–Crippen MR) is 114 cm³/mol.